The third-order valence-electron chi connectivity index (χ3n) is 3.67. The summed E-state index contributed by atoms with van der Waals surface area (Å²) in [7, 11) is 1.56. The molecule has 0 saturated carbocycles. The first-order valence-electron chi connectivity index (χ1n) is 7.74. The van der Waals surface area contributed by atoms with Gasteiger partial charge in [0.15, 0.2) is 5.69 Å². The Balaban J connectivity index is 1.88. The number of carbonyl (C=O) groups is 1. The van der Waals surface area contributed by atoms with E-state index in [9.17, 15) is 9.59 Å². The average molecular weight is 352 g/mol. The van der Waals surface area contributed by atoms with Crippen molar-refractivity contribution in [3.63, 3.8) is 0 Å². The quantitative estimate of drug-likeness (QED) is 0.589. The van der Waals surface area contributed by atoms with Gasteiger partial charge in [0.25, 0.3) is 5.56 Å². The van der Waals surface area contributed by atoms with Crippen LogP contribution in [0.4, 0.5) is 11.4 Å². The number of benzene rings is 2. The second kappa shape index (κ2) is 7.47. The van der Waals surface area contributed by atoms with Crippen LogP contribution in [0.15, 0.2) is 63.6 Å². The first-order valence-corrected chi connectivity index (χ1v) is 7.74. The van der Waals surface area contributed by atoms with Crippen LogP contribution in [0, 0.1) is 0 Å². The van der Waals surface area contributed by atoms with Crippen molar-refractivity contribution >= 4 is 17.3 Å². The topological polar surface area (TPSA) is 120 Å². The van der Waals surface area contributed by atoms with E-state index in [4.69, 9.17) is 9.84 Å². The van der Waals surface area contributed by atoms with E-state index in [1.54, 1.807) is 43.5 Å². The Morgan fingerprint density at radius 3 is 2.58 bits per heavy atom. The Kier molecular flexibility index (Phi) is 4.93. The molecule has 0 amide bonds. The van der Waals surface area contributed by atoms with Crippen LogP contribution < -0.4 is 10.3 Å². The number of azo groups is 1. The molecule has 8 heteroatoms. The minimum atomic E-state index is -0.902. The molecular formula is C18H16N4O4. The maximum absolute atomic E-state index is 12.0. The van der Waals surface area contributed by atoms with Crippen molar-refractivity contribution < 1.29 is 14.6 Å². The number of rotatable bonds is 6. The molecule has 3 aromatic rings. The summed E-state index contributed by atoms with van der Waals surface area (Å²) in [6.07, 6.45) is -0.0606. The third kappa shape index (κ3) is 3.86. The number of carboxylic acid groups (broad SMARTS) is 1. The predicted octanol–water partition coefficient (Wildman–Crippen LogP) is 3.42. The average Bonchev–Trinajstić information content (AvgIpc) is 3.01. The van der Waals surface area contributed by atoms with Gasteiger partial charge in [0, 0.05) is 5.56 Å². The molecule has 1 heterocycles. The van der Waals surface area contributed by atoms with E-state index in [-0.39, 0.29) is 12.1 Å². The monoisotopic (exact) mass is 352 g/mol. The first-order chi connectivity index (χ1) is 12.6. The first kappa shape index (κ1) is 17.2. The number of hydrogen-bond donors (Lipinski definition) is 3. The van der Waals surface area contributed by atoms with Gasteiger partial charge in [0.1, 0.15) is 5.75 Å². The van der Waals surface area contributed by atoms with Gasteiger partial charge in [-0.1, -0.05) is 24.3 Å². The lowest BCUT2D eigenvalue weighted by Crippen LogP contribution is -1.99. The number of ether oxygens (including phenoxy) is 1. The van der Waals surface area contributed by atoms with Gasteiger partial charge in [-0.2, -0.15) is 5.11 Å². The van der Waals surface area contributed by atoms with E-state index in [1.165, 1.54) is 0 Å². The van der Waals surface area contributed by atoms with E-state index >= 15 is 0 Å². The molecule has 0 saturated heterocycles. The number of nitrogens with zero attached hydrogens (tertiary/aromatic N) is 2. The molecule has 0 spiro atoms. The van der Waals surface area contributed by atoms with Crippen LogP contribution in [0.25, 0.3) is 11.3 Å². The van der Waals surface area contributed by atoms with E-state index in [0.29, 0.717) is 22.7 Å². The van der Waals surface area contributed by atoms with Crippen molar-refractivity contribution in [2.45, 2.75) is 6.42 Å². The summed E-state index contributed by atoms with van der Waals surface area (Å²) in [5.41, 5.74) is 2.15. The molecule has 0 aliphatic carbocycles. The second-order valence-corrected chi connectivity index (χ2v) is 5.47. The largest absolute Gasteiger partial charge is 0.497 e. The zero-order valence-corrected chi connectivity index (χ0v) is 13.9. The third-order valence-corrected chi connectivity index (χ3v) is 3.67. The molecule has 3 N–H and O–H groups in total. The summed E-state index contributed by atoms with van der Waals surface area (Å²) in [5, 5.41) is 22.2. The summed E-state index contributed by atoms with van der Waals surface area (Å²) < 4.78 is 5.19. The van der Waals surface area contributed by atoms with Gasteiger partial charge in [-0.05, 0) is 29.8 Å². The van der Waals surface area contributed by atoms with Gasteiger partial charge in [0.2, 0.25) is 0 Å². The molecule has 2 aromatic carbocycles. The zero-order chi connectivity index (χ0) is 18.5. The fraction of sp³-hybridized carbons (Fsp3) is 0.111. The van der Waals surface area contributed by atoms with Crippen LogP contribution >= 0.6 is 0 Å². The molecule has 0 aliphatic heterocycles. The van der Waals surface area contributed by atoms with Crippen LogP contribution in [0.2, 0.25) is 0 Å². The highest BCUT2D eigenvalue weighted by Crippen LogP contribution is 2.28. The van der Waals surface area contributed by atoms with Crippen molar-refractivity contribution in [3.05, 3.63) is 64.4 Å². The molecule has 0 radical (unpaired) electrons. The number of aromatic nitrogens is 2. The Labute approximate surface area is 148 Å². The zero-order valence-electron chi connectivity index (χ0n) is 13.9. The molecule has 8 nitrogen and oxygen atoms in total. The fourth-order valence-electron chi connectivity index (χ4n) is 2.40. The molecule has 3 rings (SSSR count). The molecule has 0 aliphatic rings. The molecule has 1 aromatic heterocycles. The van der Waals surface area contributed by atoms with Crippen molar-refractivity contribution in [2.24, 2.45) is 10.2 Å². The van der Waals surface area contributed by atoms with Crippen molar-refractivity contribution in [1.82, 2.24) is 10.2 Å². The van der Waals surface area contributed by atoms with Gasteiger partial charge >= 0.3 is 5.97 Å². The lowest BCUT2D eigenvalue weighted by Gasteiger charge is -2.03. The van der Waals surface area contributed by atoms with E-state index in [0.717, 1.165) is 5.56 Å². The summed E-state index contributed by atoms with van der Waals surface area (Å²) in [5.74, 6) is -0.248. The highest BCUT2D eigenvalue weighted by atomic mass is 16.5. The van der Waals surface area contributed by atoms with Crippen LogP contribution in [-0.2, 0) is 11.2 Å². The van der Waals surface area contributed by atoms with E-state index < -0.39 is 11.5 Å². The minimum Gasteiger partial charge on any atom is -0.497 e. The normalized spacial score (nSPS) is 11.0. The summed E-state index contributed by atoms with van der Waals surface area (Å²) in [4.78, 5) is 22.7. The Morgan fingerprint density at radius 2 is 1.88 bits per heavy atom. The SMILES string of the molecule is COc1cccc(-c2[nH][nH]c(=O)c2N=Nc2ccc(CC(=O)O)cc2)c1. The highest BCUT2D eigenvalue weighted by molar-refractivity contribution is 5.72. The number of carboxylic acids is 1. The second-order valence-electron chi connectivity index (χ2n) is 5.47. The molecule has 0 atom stereocenters. The molecule has 0 unspecified atom stereocenters. The number of methoxy groups -OCH3 is 1. The van der Waals surface area contributed by atoms with Gasteiger partial charge in [-0.15, -0.1) is 5.11 Å². The van der Waals surface area contributed by atoms with Crippen LogP contribution in [0.3, 0.4) is 0 Å². The lowest BCUT2D eigenvalue weighted by atomic mass is 10.1. The van der Waals surface area contributed by atoms with Gasteiger partial charge in [0.05, 0.1) is 24.9 Å². The van der Waals surface area contributed by atoms with Crippen LogP contribution in [0.1, 0.15) is 5.56 Å². The van der Waals surface area contributed by atoms with Crippen molar-refractivity contribution in [3.8, 4) is 17.0 Å². The van der Waals surface area contributed by atoms with Crippen molar-refractivity contribution in [1.29, 1.82) is 0 Å². The maximum atomic E-state index is 12.0. The number of nitrogens with one attached hydrogen (secondary N) is 2. The van der Waals surface area contributed by atoms with E-state index in [2.05, 4.69) is 20.4 Å². The maximum Gasteiger partial charge on any atom is 0.307 e. The number of H-pyrrole nitrogens is 2. The molecular weight excluding hydrogens is 336 g/mol. The fourth-order valence-corrected chi connectivity index (χ4v) is 2.40. The smallest absolute Gasteiger partial charge is 0.307 e. The minimum absolute atomic E-state index is 0.0606. The highest BCUT2D eigenvalue weighted by Gasteiger charge is 2.12. The van der Waals surface area contributed by atoms with Gasteiger partial charge in [-0.3, -0.25) is 19.8 Å². The Morgan fingerprint density at radius 1 is 1.12 bits per heavy atom. The van der Waals surface area contributed by atoms with E-state index in [1.807, 2.05) is 12.1 Å². The Bertz CT molecular complexity index is 1000. The summed E-state index contributed by atoms with van der Waals surface area (Å²) in [6, 6.07) is 13.8. The molecule has 132 valence electrons. The summed E-state index contributed by atoms with van der Waals surface area (Å²) >= 11 is 0. The standard InChI is InChI=1S/C18H16N4O4/c1-26-14-4-2-3-12(10-14)16-17(18(25)22-20-16)21-19-13-7-5-11(6-8-13)9-15(23)24/h2-8,10H,9H2,1H3,(H,23,24)(H2,20,22,25). The number of hydrogen-bond acceptors (Lipinski definition) is 5. The lowest BCUT2D eigenvalue weighted by molar-refractivity contribution is -0.136. The Hall–Kier alpha value is -3.68. The van der Waals surface area contributed by atoms with Crippen molar-refractivity contribution in [2.75, 3.05) is 7.11 Å². The van der Waals surface area contributed by atoms with Crippen LogP contribution in [-0.4, -0.2) is 28.4 Å². The summed E-state index contributed by atoms with van der Waals surface area (Å²) in [6.45, 7) is 0. The molecule has 26 heavy (non-hydrogen) atoms. The number of aromatic amines is 2. The predicted molar refractivity (Wildman–Crippen MR) is 95.4 cm³/mol. The molecule has 0 bridgehead atoms. The van der Waals surface area contributed by atoms with Gasteiger partial charge in [-0.25, -0.2) is 0 Å². The van der Waals surface area contributed by atoms with Gasteiger partial charge < -0.3 is 9.84 Å². The number of aliphatic carboxylic acids is 1. The molecule has 0 fully saturated rings. The van der Waals surface area contributed by atoms with Crippen LogP contribution in [0.5, 0.6) is 5.75 Å².